The highest BCUT2D eigenvalue weighted by Crippen LogP contribution is 2.25. The van der Waals surface area contributed by atoms with Crippen molar-refractivity contribution >= 4 is 24.1 Å². The predicted molar refractivity (Wildman–Crippen MR) is 82.5 cm³/mol. The molecule has 2 atom stereocenters. The smallest absolute Gasteiger partial charge is 0.459 e. The van der Waals surface area contributed by atoms with Crippen LogP contribution in [0.25, 0.3) is 0 Å². The molecule has 0 saturated carbocycles. The lowest BCUT2D eigenvalue weighted by molar-refractivity contribution is -0.164. The molecule has 0 N–H and O–H groups in total. The fourth-order valence-corrected chi connectivity index (χ4v) is 2.07. The lowest BCUT2D eigenvalue weighted by atomic mass is 10.0. The third kappa shape index (κ3) is 5.87. The third-order valence-electron chi connectivity index (χ3n) is 3.04. The van der Waals surface area contributed by atoms with Crippen LogP contribution in [0.4, 0.5) is 4.79 Å². The van der Waals surface area contributed by atoms with Gasteiger partial charge in [0.05, 0.1) is 7.11 Å². The number of aromatic nitrogens is 1. The van der Waals surface area contributed by atoms with Crippen molar-refractivity contribution in [2.45, 2.75) is 39.9 Å². The van der Waals surface area contributed by atoms with Gasteiger partial charge in [-0.2, -0.15) is 0 Å². The standard InChI is InChI=1S/C16H19NO8/c1-8-6-12(7-17-13(8)15(20)25-16(21)22-5)14(24-11(4)19)9(2)23-10(3)18/h6-7,9,14H,1-5H3. The van der Waals surface area contributed by atoms with Gasteiger partial charge in [0.1, 0.15) is 6.10 Å². The second kappa shape index (κ2) is 8.76. The Hall–Kier alpha value is -2.97. The maximum atomic E-state index is 11.8. The van der Waals surface area contributed by atoms with Crippen molar-refractivity contribution in [1.29, 1.82) is 0 Å². The number of pyridine rings is 1. The highest BCUT2D eigenvalue weighted by atomic mass is 16.7. The van der Waals surface area contributed by atoms with Crippen LogP contribution in [-0.2, 0) is 28.5 Å². The molecule has 0 amide bonds. The molecule has 2 unspecified atom stereocenters. The Kier molecular flexibility index (Phi) is 7.04. The molecule has 0 aliphatic rings. The summed E-state index contributed by atoms with van der Waals surface area (Å²) in [6.07, 6.45) is -1.56. The number of ether oxygens (including phenoxy) is 4. The average molecular weight is 353 g/mol. The summed E-state index contributed by atoms with van der Waals surface area (Å²) in [6.45, 7) is 5.57. The Morgan fingerprint density at radius 2 is 1.68 bits per heavy atom. The zero-order valence-electron chi connectivity index (χ0n) is 14.5. The first kappa shape index (κ1) is 20.1. The number of methoxy groups -OCH3 is 1. The molecule has 0 bridgehead atoms. The van der Waals surface area contributed by atoms with Crippen LogP contribution in [0.2, 0.25) is 0 Å². The van der Waals surface area contributed by atoms with Gasteiger partial charge in [-0.1, -0.05) is 0 Å². The molecule has 1 rings (SSSR count). The van der Waals surface area contributed by atoms with Gasteiger partial charge in [-0.15, -0.1) is 0 Å². The zero-order chi connectivity index (χ0) is 19.1. The van der Waals surface area contributed by atoms with Crippen LogP contribution in [0.3, 0.4) is 0 Å². The van der Waals surface area contributed by atoms with Crippen LogP contribution in [0.5, 0.6) is 0 Å². The van der Waals surface area contributed by atoms with E-state index in [1.54, 1.807) is 13.8 Å². The molecule has 0 saturated heterocycles. The van der Waals surface area contributed by atoms with Crippen molar-refractivity contribution in [3.05, 3.63) is 29.1 Å². The number of nitrogens with zero attached hydrogens (tertiary/aromatic N) is 1. The molecule has 1 heterocycles. The van der Waals surface area contributed by atoms with Gasteiger partial charge < -0.3 is 18.9 Å². The quantitative estimate of drug-likeness (QED) is 0.444. The van der Waals surface area contributed by atoms with Crippen molar-refractivity contribution in [1.82, 2.24) is 4.98 Å². The minimum Gasteiger partial charge on any atom is -0.459 e. The van der Waals surface area contributed by atoms with E-state index in [0.717, 1.165) is 7.11 Å². The lowest BCUT2D eigenvalue weighted by Crippen LogP contribution is -2.26. The van der Waals surface area contributed by atoms with Crippen LogP contribution in [0.1, 0.15) is 48.5 Å². The third-order valence-corrected chi connectivity index (χ3v) is 3.04. The topological polar surface area (TPSA) is 118 Å². The van der Waals surface area contributed by atoms with Crippen molar-refractivity contribution < 1.29 is 38.1 Å². The normalized spacial score (nSPS) is 12.5. The Bertz CT molecular complexity index is 685. The van der Waals surface area contributed by atoms with E-state index in [0.29, 0.717) is 11.1 Å². The van der Waals surface area contributed by atoms with Gasteiger partial charge in [0.25, 0.3) is 0 Å². The number of esters is 3. The van der Waals surface area contributed by atoms with Crippen LogP contribution in [0.15, 0.2) is 12.3 Å². The maximum Gasteiger partial charge on any atom is 0.516 e. The molecule has 136 valence electrons. The number of carbonyl (C=O) groups is 4. The minimum absolute atomic E-state index is 0.101. The Balaban J connectivity index is 3.11. The van der Waals surface area contributed by atoms with Crippen molar-refractivity contribution in [3.63, 3.8) is 0 Å². The molecule has 0 radical (unpaired) electrons. The maximum absolute atomic E-state index is 11.8. The molecule has 25 heavy (non-hydrogen) atoms. The molecule has 0 aliphatic carbocycles. The van der Waals surface area contributed by atoms with Gasteiger partial charge in [-0.3, -0.25) is 9.59 Å². The molecule has 0 aliphatic heterocycles. The first-order valence-corrected chi connectivity index (χ1v) is 7.26. The van der Waals surface area contributed by atoms with Gasteiger partial charge in [0.2, 0.25) is 0 Å². The Morgan fingerprint density at radius 3 is 2.16 bits per heavy atom. The monoisotopic (exact) mass is 353 g/mol. The largest absolute Gasteiger partial charge is 0.516 e. The fraction of sp³-hybridized carbons (Fsp3) is 0.438. The summed E-state index contributed by atoms with van der Waals surface area (Å²) in [4.78, 5) is 49.2. The zero-order valence-corrected chi connectivity index (χ0v) is 14.5. The van der Waals surface area contributed by atoms with E-state index >= 15 is 0 Å². The van der Waals surface area contributed by atoms with Gasteiger partial charge >= 0.3 is 24.1 Å². The number of hydrogen-bond acceptors (Lipinski definition) is 9. The average Bonchev–Trinajstić information content (AvgIpc) is 2.51. The molecular formula is C16H19NO8. The van der Waals surface area contributed by atoms with Crippen molar-refractivity contribution in [2.75, 3.05) is 7.11 Å². The summed E-state index contributed by atoms with van der Waals surface area (Å²) >= 11 is 0. The molecule has 1 aromatic heterocycles. The SMILES string of the molecule is COC(=O)OC(=O)c1ncc(C(OC(C)=O)C(C)OC(C)=O)cc1C. The second-order valence-corrected chi connectivity index (χ2v) is 5.12. The van der Waals surface area contributed by atoms with Gasteiger partial charge in [-0.25, -0.2) is 14.6 Å². The molecule has 0 spiro atoms. The summed E-state index contributed by atoms with van der Waals surface area (Å²) in [7, 11) is 1.07. The summed E-state index contributed by atoms with van der Waals surface area (Å²) in [6, 6.07) is 1.52. The molecule has 0 aromatic carbocycles. The van der Waals surface area contributed by atoms with E-state index in [9.17, 15) is 19.2 Å². The summed E-state index contributed by atoms with van der Waals surface area (Å²) in [5.74, 6) is -2.09. The number of hydrogen-bond donors (Lipinski definition) is 0. The number of aryl methyl sites for hydroxylation is 1. The molecule has 9 nitrogen and oxygen atoms in total. The molecule has 9 heteroatoms. The van der Waals surface area contributed by atoms with E-state index in [2.05, 4.69) is 14.5 Å². The van der Waals surface area contributed by atoms with Gasteiger partial charge in [-0.05, 0) is 25.5 Å². The van der Waals surface area contributed by atoms with Gasteiger partial charge in [0.15, 0.2) is 11.8 Å². The van der Waals surface area contributed by atoms with Crippen LogP contribution in [0, 0.1) is 6.92 Å². The van der Waals surface area contributed by atoms with Crippen LogP contribution >= 0.6 is 0 Å². The highest BCUT2D eigenvalue weighted by molar-refractivity contribution is 5.94. The number of carbonyl (C=O) groups excluding carboxylic acids is 4. The van der Waals surface area contributed by atoms with Crippen molar-refractivity contribution in [3.8, 4) is 0 Å². The lowest BCUT2D eigenvalue weighted by Gasteiger charge is -2.23. The van der Waals surface area contributed by atoms with E-state index in [-0.39, 0.29) is 5.69 Å². The first-order valence-electron chi connectivity index (χ1n) is 7.26. The Morgan fingerprint density at radius 1 is 1.08 bits per heavy atom. The molecule has 0 fully saturated rings. The summed E-state index contributed by atoms with van der Waals surface area (Å²) in [5, 5.41) is 0. The summed E-state index contributed by atoms with van der Waals surface area (Å²) < 4.78 is 18.9. The van der Waals surface area contributed by atoms with Crippen LogP contribution < -0.4 is 0 Å². The minimum atomic E-state index is -1.16. The first-order chi connectivity index (χ1) is 11.6. The summed E-state index contributed by atoms with van der Waals surface area (Å²) in [5.41, 5.74) is 0.686. The van der Waals surface area contributed by atoms with E-state index in [4.69, 9.17) is 9.47 Å². The molecule has 1 aromatic rings. The molecular weight excluding hydrogens is 334 g/mol. The van der Waals surface area contributed by atoms with Crippen LogP contribution in [-0.4, -0.2) is 42.3 Å². The van der Waals surface area contributed by atoms with E-state index < -0.39 is 36.3 Å². The second-order valence-electron chi connectivity index (χ2n) is 5.12. The predicted octanol–water partition coefficient (Wildman–Crippen LogP) is 1.87. The van der Waals surface area contributed by atoms with Gasteiger partial charge in [0, 0.05) is 25.6 Å². The van der Waals surface area contributed by atoms with Crippen molar-refractivity contribution in [2.24, 2.45) is 0 Å². The fourth-order valence-electron chi connectivity index (χ4n) is 2.07. The Labute approximate surface area is 144 Å². The highest BCUT2D eigenvalue weighted by Gasteiger charge is 2.27. The number of rotatable bonds is 5. The van der Waals surface area contributed by atoms with E-state index in [1.165, 1.54) is 26.1 Å². The van der Waals surface area contributed by atoms with E-state index in [1.807, 2.05) is 0 Å².